The average molecular weight is 278 g/mol. The number of aromatic hydroxyl groups is 1. The van der Waals surface area contributed by atoms with Crippen LogP contribution in [0.15, 0.2) is 18.2 Å². The molecule has 0 saturated heterocycles. The van der Waals surface area contributed by atoms with Crippen LogP contribution in [-0.2, 0) is 4.79 Å². The Morgan fingerprint density at radius 2 is 2.00 bits per heavy atom. The summed E-state index contributed by atoms with van der Waals surface area (Å²) in [5, 5.41) is 16.3. The number of phenolic OH excluding ortho intramolecular Hbond substituents is 1. The van der Waals surface area contributed by atoms with Crippen LogP contribution in [0, 0.1) is 0 Å². The summed E-state index contributed by atoms with van der Waals surface area (Å²) in [7, 11) is 0. The van der Waals surface area contributed by atoms with E-state index in [2.05, 4.69) is 24.5 Å². The van der Waals surface area contributed by atoms with Gasteiger partial charge in [-0.3, -0.25) is 4.79 Å². The summed E-state index contributed by atoms with van der Waals surface area (Å²) >= 11 is 0. The number of phenols is 1. The Labute approximate surface area is 121 Å². The standard InChI is InChI=1S/C16H26N2O2/c1-5-7-16(20)18-13-8-9-15(19)14(10-13)12(4)17-11(3)6-2/h8-12,17,19H,5-7H2,1-4H3,(H,18,20). The van der Waals surface area contributed by atoms with E-state index >= 15 is 0 Å². The number of carbonyl (C=O) groups is 1. The molecule has 0 spiro atoms. The molecule has 4 heteroatoms. The predicted octanol–water partition coefficient (Wildman–Crippen LogP) is 3.58. The minimum atomic E-state index is 0.00618. The van der Waals surface area contributed by atoms with Crippen LogP contribution in [0.1, 0.15) is 58.6 Å². The zero-order valence-corrected chi connectivity index (χ0v) is 12.9. The lowest BCUT2D eigenvalue weighted by Crippen LogP contribution is -2.28. The first-order chi connectivity index (χ1) is 9.47. The third-order valence-electron chi connectivity index (χ3n) is 3.40. The first-order valence-corrected chi connectivity index (χ1v) is 7.36. The highest BCUT2D eigenvalue weighted by Gasteiger charge is 2.13. The lowest BCUT2D eigenvalue weighted by molar-refractivity contribution is -0.116. The van der Waals surface area contributed by atoms with E-state index in [0.29, 0.717) is 12.5 Å². The lowest BCUT2D eigenvalue weighted by atomic mass is 10.0. The van der Waals surface area contributed by atoms with E-state index in [9.17, 15) is 9.90 Å². The predicted molar refractivity (Wildman–Crippen MR) is 82.9 cm³/mol. The van der Waals surface area contributed by atoms with Crippen molar-refractivity contribution >= 4 is 11.6 Å². The van der Waals surface area contributed by atoms with E-state index in [-0.39, 0.29) is 17.7 Å². The highest BCUT2D eigenvalue weighted by molar-refractivity contribution is 5.90. The summed E-state index contributed by atoms with van der Waals surface area (Å²) in [6, 6.07) is 5.60. The van der Waals surface area contributed by atoms with Crippen molar-refractivity contribution in [3.63, 3.8) is 0 Å². The van der Waals surface area contributed by atoms with E-state index < -0.39 is 0 Å². The number of anilines is 1. The Hall–Kier alpha value is -1.55. The molecule has 1 rings (SSSR count). The Kier molecular flexibility index (Phi) is 6.52. The fraction of sp³-hybridized carbons (Fsp3) is 0.562. The molecule has 2 atom stereocenters. The number of hydrogen-bond donors (Lipinski definition) is 3. The van der Waals surface area contributed by atoms with Crippen molar-refractivity contribution in [3.8, 4) is 5.75 Å². The van der Waals surface area contributed by atoms with E-state index in [0.717, 1.165) is 24.1 Å². The molecule has 0 radical (unpaired) electrons. The van der Waals surface area contributed by atoms with Gasteiger partial charge in [0.15, 0.2) is 0 Å². The fourth-order valence-corrected chi connectivity index (χ4v) is 2.06. The highest BCUT2D eigenvalue weighted by Crippen LogP contribution is 2.27. The van der Waals surface area contributed by atoms with Gasteiger partial charge in [-0.15, -0.1) is 0 Å². The zero-order valence-electron chi connectivity index (χ0n) is 12.9. The summed E-state index contributed by atoms with van der Waals surface area (Å²) in [4.78, 5) is 11.6. The highest BCUT2D eigenvalue weighted by atomic mass is 16.3. The topological polar surface area (TPSA) is 61.4 Å². The maximum Gasteiger partial charge on any atom is 0.224 e. The quantitative estimate of drug-likeness (QED) is 0.668. The molecule has 0 saturated carbocycles. The maximum atomic E-state index is 11.6. The van der Waals surface area contributed by atoms with Crippen molar-refractivity contribution in [3.05, 3.63) is 23.8 Å². The van der Waals surface area contributed by atoms with Crippen LogP contribution >= 0.6 is 0 Å². The van der Waals surface area contributed by atoms with Crippen LogP contribution in [0.5, 0.6) is 5.75 Å². The molecule has 1 aromatic carbocycles. The molecule has 1 aromatic rings. The van der Waals surface area contributed by atoms with Crippen molar-refractivity contribution in [1.82, 2.24) is 5.32 Å². The molecule has 2 unspecified atom stereocenters. The Balaban J connectivity index is 2.82. The van der Waals surface area contributed by atoms with Crippen molar-refractivity contribution in [1.29, 1.82) is 0 Å². The van der Waals surface area contributed by atoms with Gasteiger partial charge >= 0.3 is 0 Å². The van der Waals surface area contributed by atoms with Gasteiger partial charge in [0.25, 0.3) is 0 Å². The molecule has 0 heterocycles. The van der Waals surface area contributed by atoms with Crippen molar-refractivity contribution in [2.45, 2.75) is 59.0 Å². The Bertz CT molecular complexity index is 446. The van der Waals surface area contributed by atoms with Gasteiger partial charge in [-0.05, 0) is 44.9 Å². The van der Waals surface area contributed by atoms with Gasteiger partial charge in [0, 0.05) is 29.8 Å². The molecule has 4 nitrogen and oxygen atoms in total. The van der Waals surface area contributed by atoms with Crippen molar-refractivity contribution in [2.24, 2.45) is 0 Å². The molecular weight excluding hydrogens is 252 g/mol. The monoisotopic (exact) mass is 278 g/mol. The normalized spacial score (nSPS) is 13.8. The van der Waals surface area contributed by atoms with Gasteiger partial charge < -0.3 is 15.7 Å². The van der Waals surface area contributed by atoms with Crippen LogP contribution < -0.4 is 10.6 Å². The SMILES string of the molecule is CCCC(=O)Nc1ccc(O)c(C(C)NC(C)CC)c1. The molecule has 3 N–H and O–H groups in total. The minimum absolute atomic E-state index is 0.00618. The maximum absolute atomic E-state index is 11.6. The molecule has 20 heavy (non-hydrogen) atoms. The third-order valence-corrected chi connectivity index (χ3v) is 3.40. The Morgan fingerprint density at radius 3 is 2.60 bits per heavy atom. The van der Waals surface area contributed by atoms with Crippen LogP contribution in [0.4, 0.5) is 5.69 Å². The van der Waals surface area contributed by atoms with Crippen molar-refractivity contribution in [2.75, 3.05) is 5.32 Å². The van der Waals surface area contributed by atoms with Gasteiger partial charge in [-0.2, -0.15) is 0 Å². The number of carbonyl (C=O) groups excluding carboxylic acids is 1. The van der Waals surface area contributed by atoms with Crippen molar-refractivity contribution < 1.29 is 9.90 Å². The second kappa shape index (κ2) is 7.90. The number of amides is 1. The van der Waals surface area contributed by atoms with E-state index in [1.807, 2.05) is 19.9 Å². The van der Waals surface area contributed by atoms with Gasteiger partial charge in [-0.25, -0.2) is 0 Å². The van der Waals surface area contributed by atoms with Gasteiger partial charge in [0.05, 0.1) is 0 Å². The van der Waals surface area contributed by atoms with Gasteiger partial charge in [0.1, 0.15) is 5.75 Å². The summed E-state index contributed by atoms with van der Waals surface area (Å²) in [6.07, 6.45) is 2.36. The van der Waals surface area contributed by atoms with E-state index in [1.165, 1.54) is 0 Å². The summed E-state index contributed by atoms with van der Waals surface area (Å²) in [5.74, 6) is 0.258. The summed E-state index contributed by atoms with van der Waals surface area (Å²) in [5.41, 5.74) is 1.54. The van der Waals surface area contributed by atoms with E-state index in [4.69, 9.17) is 0 Å². The molecule has 0 aliphatic rings. The molecule has 1 amide bonds. The Morgan fingerprint density at radius 1 is 1.30 bits per heavy atom. The number of hydrogen-bond acceptors (Lipinski definition) is 3. The summed E-state index contributed by atoms with van der Waals surface area (Å²) in [6.45, 7) is 8.21. The first-order valence-electron chi connectivity index (χ1n) is 7.36. The first kappa shape index (κ1) is 16.5. The smallest absolute Gasteiger partial charge is 0.224 e. The van der Waals surface area contributed by atoms with Crippen LogP contribution in [-0.4, -0.2) is 17.1 Å². The van der Waals surface area contributed by atoms with E-state index in [1.54, 1.807) is 12.1 Å². The lowest BCUT2D eigenvalue weighted by Gasteiger charge is -2.20. The summed E-state index contributed by atoms with van der Waals surface area (Å²) < 4.78 is 0. The minimum Gasteiger partial charge on any atom is -0.508 e. The molecule has 0 aliphatic carbocycles. The van der Waals surface area contributed by atoms with Crippen LogP contribution in [0.3, 0.4) is 0 Å². The number of nitrogens with one attached hydrogen (secondary N) is 2. The van der Waals surface area contributed by atoms with Gasteiger partial charge in [0.2, 0.25) is 5.91 Å². The molecule has 0 bridgehead atoms. The fourth-order valence-electron chi connectivity index (χ4n) is 2.06. The molecule has 0 fully saturated rings. The van der Waals surface area contributed by atoms with Crippen LogP contribution in [0.25, 0.3) is 0 Å². The second-order valence-corrected chi connectivity index (χ2v) is 5.27. The molecular formula is C16H26N2O2. The number of benzene rings is 1. The van der Waals surface area contributed by atoms with Gasteiger partial charge in [-0.1, -0.05) is 13.8 Å². The largest absolute Gasteiger partial charge is 0.508 e. The second-order valence-electron chi connectivity index (χ2n) is 5.27. The average Bonchev–Trinajstić information content (AvgIpc) is 2.40. The molecule has 112 valence electrons. The number of rotatable bonds is 7. The molecule has 0 aromatic heterocycles. The third kappa shape index (κ3) is 4.85. The molecule has 0 aliphatic heterocycles. The van der Waals surface area contributed by atoms with Crippen LogP contribution in [0.2, 0.25) is 0 Å². The zero-order chi connectivity index (χ0) is 15.1.